The molecule has 4 nitrogen and oxygen atoms in total. The number of hydrogen-bond donors (Lipinski definition) is 1. The summed E-state index contributed by atoms with van der Waals surface area (Å²) in [6.07, 6.45) is 2.54. The van der Waals surface area contributed by atoms with Crippen molar-refractivity contribution in [3.8, 4) is 0 Å². The number of nitrogens with zero attached hydrogens (tertiary/aromatic N) is 1. The molecule has 1 aromatic carbocycles. The Labute approximate surface area is 136 Å². The molecule has 0 heterocycles. The monoisotopic (exact) mass is 322 g/mol. The topological polar surface area (TPSA) is 49.4 Å². The maximum absolute atomic E-state index is 12.4. The lowest BCUT2D eigenvalue weighted by molar-refractivity contribution is -0.134. The van der Waals surface area contributed by atoms with Gasteiger partial charge in [0.1, 0.15) is 0 Å². The standard InChI is InChI=1S/C17H23ClN2O2/c1-3-9-20(10-4-2)17(22)15-11-14(15)16(21)19-13-7-5-12(18)6-8-13/h5-8,14-15H,3-4,9-11H2,1-2H3,(H,19,21). The lowest BCUT2D eigenvalue weighted by atomic mass is 10.2. The first-order valence-corrected chi connectivity index (χ1v) is 8.29. The summed E-state index contributed by atoms with van der Waals surface area (Å²) < 4.78 is 0. The summed E-state index contributed by atoms with van der Waals surface area (Å²) in [5, 5.41) is 3.48. The van der Waals surface area contributed by atoms with Crippen LogP contribution in [0.5, 0.6) is 0 Å². The molecule has 2 rings (SSSR count). The summed E-state index contributed by atoms with van der Waals surface area (Å²) >= 11 is 5.82. The van der Waals surface area contributed by atoms with E-state index in [2.05, 4.69) is 19.2 Å². The number of amides is 2. The Morgan fingerprint density at radius 1 is 1.14 bits per heavy atom. The molecule has 1 aromatic rings. The number of halogens is 1. The molecule has 0 spiro atoms. The van der Waals surface area contributed by atoms with Crippen molar-refractivity contribution >= 4 is 29.1 Å². The minimum absolute atomic E-state index is 0.0754. The number of benzene rings is 1. The van der Waals surface area contributed by atoms with Gasteiger partial charge in [0, 0.05) is 23.8 Å². The molecule has 0 saturated heterocycles. The van der Waals surface area contributed by atoms with E-state index in [1.807, 2.05) is 4.90 Å². The Balaban J connectivity index is 1.89. The molecule has 5 heteroatoms. The van der Waals surface area contributed by atoms with E-state index in [0.29, 0.717) is 17.1 Å². The van der Waals surface area contributed by atoms with Gasteiger partial charge in [-0.3, -0.25) is 9.59 Å². The predicted octanol–water partition coefficient (Wildman–Crippen LogP) is 3.56. The van der Waals surface area contributed by atoms with Gasteiger partial charge in [0.25, 0.3) is 0 Å². The summed E-state index contributed by atoms with van der Waals surface area (Å²) in [6.45, 7) is 5.67. The molecule has 1 aliphatic carbocycles. The molecule has 2 unspecified atom stereocenters. The van der Waals surface area contributed by atoms with Crippen molar-refractivity contribution in [2.24, 2.45) is 11.8 Å². The van der Waals surface area contributed by atoms with Crippen molar-refractivity contribution in [3.63, 3.8) is 0 Å². The molecule has 0 aromatic heterocycles. The van der Waals surface area contributed by atoms with E-state index in [1.165, 1.54) is 0 Å². The van der Waals surface area contributed by atoms with Gasteiger partial charge in [-0.1, -0.05) is 25.4 Å². The van der Waals surface area contributed by atoms with Crippen LogP contribution in [-0.2, 0) is 9.59 Å². The average molecular weight is 323 g/mol. The first kappa shape index (κ1) is 16.8. The Hall–Kier alpha value is -1.55. The number of carbonyl (C=O) groups excluding carboxylic acids is 2. The molecule has 1 saturated carbocycles. The van der Waals surface area contributed by atoms with Crippen LogP contribution in [0.4, 0.5) is 5.69 Å². The van der Waals surface area contributed by atoms with Gasteiger partial charge in [0.15, 0.2) is 0 Å². The molecule has 2 amide bonds. The first-order valence-electron chi connectivity index (χ1n) is 7.92. The van der Waals surface area contributed by atoms with Crippen LogP contribution in [0.25, 0.3) is 0 Å². The quantitative estimate of drug-likeness (QED) is 0.834. The molecule has 0 radical (unpaired) electrons. The minimum atomic E-state index is -0.195. The number of nitrogens with one attached hydrogen (secondary N) is 1. The van der Waals surface area contributed by atoms with E-state index in [-0.39, 0.29) is 23.7 Å². The van der Waals surface area contributed by atoms with Crippen LogP contribution in [-0.4, -0.2) is 29.8 Å². The van der Waals surface area contributed by atoms with E-state index >= 15 is 0 Å². The van der Waals surface area contributed by atoms with E-state index < -0.39 is 0 Å². The Morgan fingerprint density at radius 2 is 1.73 bits per heavy atom. The third-order valence-electron chi connectivity index (χ3n) is 3.85. The summed E-state index contributed by atoms with van der Waals surface area (Å²) in [7, 11) is 0. The molecule has 22 heavy (non-hydrogen) atoms. The fourth-order valence-corrected chi connectivity index (χ4v) is 2.76. The number of rotatable bonds is 7. The zero-order chi connectivity index (χ0) is 16.1. The third-order valence-corrected chi connectivity index (χ3v) is 4.11. The van der Waals surface area contributed by atoms with Crippen LogP contribution in [0.15, 0.2) is 24.3 Å². The van der Waals surface area contributed by atoms with Gasteiger partial charge in [0.05, 0.1) is 11.8 Å². The van der Waals surface area contributed by atoms with Crippen LogP contribution in [0.3, 0.4) is 0 Å². The van der Waals surface area contributed by atoms with E-state index in [0.717, 1.165) is 25.9 Å². The molecule has 120 valence electrons. The molecular weight excluding hydrogens is 300 g/mol. The highest BCUT2D eigenvalue weighted by atomic mass is 35.5. The highest BCUT2D eigenvalue weighted by Gasteiger charge is 2.49. The summed E-state index contributed by atoms with van der Waals surface area (Å²) in [4.78, 5) is 26.5. The first-order chi connectivity index (χ1) is 10.6. The van der Waals surface area contributed by atoms with Crippen molar-refractivity contribution in [3.05, 3.63) is 29.3 Å². The summed E-state index contributed by atoms with van der Waals surface area (Å²) in [5.41, 5.74) is 0.714. The van der Waals surface area contributed by atoms with Gasteiger partial charge in [0.2, 0.25) is 11.8 Å². The number of hydrogen-bond acceptors (Lipinski definition) is 2. The summed E-state index contributed by atoms with van der Waals surface area (Å²) in [5.74, 6) is -0.293. The van der Waals surface area contributed by atoms with Crippen LogP contribution in [0.1, 0.15) is 33.1 Å². The summed E-state index contributed by atoms with van der Waals surface area (Å²) in [6, 6.07) is 6.99. The maximum atomic E-state index is 12.4. The molecular formula is C17H23ClN2O2. The zero-order valence-electron chi connectivity index (χ0n) is 13.1. The smallest absolute Gasteiger partial charge is 0.228 e. The van der Waals surface area contributed by atoms with Crippen molar-refractivity contribution < 1.29 is 9.59 Å². The lowest BCUT2D eigenvalue weighted by Gasteiger charge is -2.21. The largest absolute Gasteiger partial charge is 0.342 e. The second-order valence-electron chi connectivity index (χ2n) is 5.77. The molecule has 1 aliphatic rings. The van der Waals surface area contributed by atoms with E-state index in [4.69, 9.17) is 11.6 Å². The third kappa shape index (κ3) is 4.23. The lowest BCUT2D eigenvalue weighted by Crippen LogP contribution is -2.34. The highest BCUT2D eigenvalue weighted by Crippen LogP contribution is 2.41. The predicted molar refractivity (Wildman–Crippen MR) is 88.8 cm³/mol. The van der Waals surface area contributed by atoms with E-state index in [9.17, 15) is 9.59 Å². The second-order valence-corrected chi connectivity index (χ2v) is 6.21. The van der Waals surface area contributed by atoms with Crippen molar-refractivity contribution in [1.29, 1.82) is 0 Å². The van der Waals surface area contributed by atoms with Gasteiger partial charge in [-0.05, 0) is 43.5 Å². The van der Waals surface area contributed by atoms with Gasteiger partial charge in [-0.2, -0.15) is 0 Å². The fourth-order valence-electron chi connectivity index (χ4n) is 2.63. The van der Waals surface area contributed by atoms with Gasteiger partial charge < -0.3 is 10.2 Å². The van der Waals surface area contributed by atoms with Crippen LogP contribution in [0, 0.1) is 11.8 Å². The molecule has 1 N–H and O–H groups in total. The number of anilines is 1. The fraction of sp³-hybridized carbons (Fsp3) is 0.529. The van der Waals surface area contributed by atoms with Gasteiger partial charge in [-0.25, -0.2) is 0 Å². The molecule has 0 bridgehead atoms. The van der Waals surface area contributed by atoms with Crippen LogP contribution < -0.4 is 5.32 Å². The normalized spacial score (nSPS) is 19.6. The second kappa shape index (κ2) is 7.63. The molecule has 1 fully saturated rings. The average Bonchev–Trinajstić information content (AvgIpc) is 3.29. The van der Waals surface area contributed by atoms with Crippen molar-refractivity contribution in [1.82, 2.24) is 4.90 Å². The molecule has 0 aliphatic heterocycles. The number of carbonyl (C=O) groups is 2. The maximum Gasteiger partial charge on any atom is 0.228 e. The zero-order valence-corrected chi connectivity index (χ0v) is 13.9. The Bertz CT molecular complexity index is 524. The van der Waals surface area contributed by atoms with Crippen LogP contribution in [0.2, 0.25) is 5.02 Å². The SMILES string of the molecule is CCCN(CCC)C(=O)C1CC1C(=O)Nc1ccc(Cl)cc1. The van der Waals surface area contributed by atoms with Crippen LogP contribution >= 0.6 is 11.6 Å². The van der Waals surface area contributed by atoms with Gasteiger partial charge in [-0.15, -0.1) is 0 Å². The Kier molecular flexibility index (Phi) is 5.83. The highest BCUT2D eigenvalue weighted by molar-refractivity contribution is 6.30. The van der Waals surface area contributed by atoms with Gasteiger partial charge >= 0.3 is 0 Å². The van der Waals surface area contributed by atoms with Crippen molar-refractivity contribution in [2.45, 2.75) is 33.1 Å². The van der Waals surface area contributed by atoms with Crippen molar-refractivity contribution in [2.75, 3.05) is 18.4 Å². The van der Waals surface area contributed by atoms with E-state index in [1.54, 1.807) is 24.3 Å². The minimum Gasteiger partial charge on any atom is -0.342 e. The Morgan fingerprint density at radius 3 is 2.27 bits per heavy atom. The molecule has 2 atom stereocenters.